The molecule has 0 radical (unpaired) electrons. The average Bonchev–Trinajstić information content (AvgIpc) is 2.23. The van der Waals surface area contributed by atoms with Gasteiger partial charge in [-0.1, -0.05) is 37.0 Å². The third-order valence-electron chi connectivity index (χ3n) is 2.59. The molecule has 0 saturated heterocycles. The van der Waals surface area contributed by atoms with E-state index in [9.17, 15) is 0 Å². The largest absolute Gasteiger partial charge is 0.339 e. The van der Waals surface area contributed by atoms with Gasteiger partial charge in [0.2, 0.25) is 0 Å². The van der Waals surface area contributed by atoms with Crippen molar-refractivity contribution in [1.29, 1.82) is 0 Å². The van der Waals surface area contributed by atoms with E-state index in [1.165, 1.54) is 0 Å². The number of amidine groups is 1. The van der Waals surface area contributed by atoms with Gasteiger partial charge in [-0.2, -0.15) is 0 Å². The Bertz CT molecular complexity index is 347. The molecule has 0 amide bonds. The van der Waals surface area contributed by atoms with Crippen molar-refractivity contribution in [2.24, 2.45) is 16.8 Å². The number of rotatable bonds is 1. The second kappa shape index (κ2) is 3.66. The molecule has 0 aromatic heterocycles. The molecule has 0 bridgehead atoms. The highest BCUT2D eigenvalue weighted by molar-refractivity contribution is 5.89. The van der Waals surface area contributed by atoms with Crippen LogP contribution in [0.25, 0.3) is 0 Å². The molecule has 2 atom stereocenters. The maximum atomic E-state index is 4.32. The molecule has 2 nitrogen and oxygen atoms in total. The molecule has 72 valence electrons. The Kier molecular flexibility index (Phi) is 2.35. The monoisotopic (exact) mass is 186 g/mol. The lowest BCUT2D eigenvalue weighted by atomic mass is 9.85. The van der Waals surface area contributed by atoms with Crippen LogP contribution in [0.15, 0.2) is 54.4 Å². The van der Waals surface area contributed by atoms with Gasteiger partial charge in [0.15, 0.2) is 0 Å². The number of hydrogen-bond donors (Lipinski definition) is 0. The molecule has 1 aliphatic carbocycles. The molecule has 14 heavy (non-hydrogen) atoms. The molecular formula is C12H14N2. The molecule has 2 heteroatoms. The molecule has 1 aliphatic heterocycles. The van der Waals surface area contributed by atoms with Crippen molar-refractivity contribution in [2.45, 2.75) is 0 Å². The number of aliphatic imine (C=N–C) groups is 1. The van der Waals surface area contributed by atoms with Crippen molar-refractivity contribution in [1.82, 2.24) is 4.90 Å². The summed E-state index contributed by atoms with van der Waals surface area (Å²) in [6.45, 7) is 3.65. The number of hydrogen-bond acceptors (Lipinski definition) is 1. The minimum Gasteiger partial charge on any atom is -0.339 e. The van der Waals surface area contributed by atoms with Crippen LogP contribution in [-0.2, 0) is 0 Å². The first-order valence-electron chi connectivity index (χ1n) is 4.77. The summed E-state index contributed by atoms with van der Waals surface area (Å²) in [6.07, 6.45) is 14.4. The molecule has 0 aromatic carbocycles. The van der Waals surface area contributed by atoms with Crippen molar-refractivity contribution >= 4 is 5.84 Å². The van der Waals surface area contributed by atoms with Gasteiger partial charge in [0.25, 0.3) is 0 Å². The van der Waals surface area contributed by atoms with Gasteiger partial charge in [0.1, 0.15) is 5.84 Å². The van der Waals surface area contributed by atoms with E-state index in [2.05, 4.69) is 48.2 Å². The number of nitrogens with zero attached hydrogens (tertiary/aromatic N) is 2. The molecule has 0 N–H and O–H groups in total. The summed E-state index contributed by atoms with van der Waals surface area (Å²) in [5.41, 5.74) is 0. The Morgan fingerprint density at radius 1 is 1.36 bits per heavy atom. The lowest BCUT2D eigenvalue weighted by molar-refractivity contribution is 0.545. The zero-order valence-corrected chi connectivity index (χ0v) is 8.30. The van der Waals surface area contributed by atoms with Crippen molar-refractivity contribution in [2.75, 3.05) is 7.05 Å². The van der Waals surface area contributed by atoms with E-state index in [1.807, 2.05) is 11.9 Å². The molecular weight excluding hydrogens is 172 g/mol. The highest BCUT2D eigenvalue weighted by Crippen LogP contribution is 2.27. The molecule has 0 saturated carbocycles. The molecule has 0 spiro atoms. The lowest BCUT2D eigenvalue weighted by Gasteiger charge is -2.32. The predicted octanol–water partition coefficient (Wildman–Crippen LogP) is 2.35. The molecule has 2 rings (SSSR count). The first-order chi connectivity index (χ1) is 6.83. The van der Waals surface area contributed by atoms with Gasteiger partial charge in [-0.3, -0.25) is 0 Å². The van der Waals surface area contributed by atoms with Crippen molar-refractivity contribution in [3.63, 3.8) is 0 Å². The van der Waals surface area contributed by atoms with Crippen LogP contribution in [-0.4, -0.2) is 17.8 Å². The second-order valence-electron chi connectivity index (χ2n) is 3.50. The van der Waals surface area contributed by atoms with E-state index in [-0.39, 0.29) is 0 Å². The maximum absolute atomic E-state index is 4.32. The summed E-state index contributed by atoms with van der Waals surface area (Å²) < 4.78 is 0. The fourth-order valence-corrected chi connectivity index (χ4v) is 1.88. The second-order valence-corrected chi connectivity index (χ2v) is 3.50. The van der Waals surface area contributed by atoms with E-state index < -0.39 is 0 Å². The molecule has 0 aromatic rings. The summed E-state index contributed by atoms with van der Waals surface area (Å²) >= 11 is 0. The first-order valence-corrected chi connectivity index (χ1v) is 4.77. The lowest BCUT2D eigenvalue weighted by Crippen LogP contribution is -2.35. The maximum Gasteiger partial charge on any atom is 0.116 e. The van der Waals surface area contributed by atoms with Gasteiger partial charge >= 0.3 is 0 Å². The fourth-order valence-electron chi connectivity index (χ4n) is 1.88. The van der Waals surface area contributed by atoms with Crippen LogP contribution in [0.4, 0.5) is 0 Å². The summed E-state index contributed by atoms with van der Waals surface area (Å²) in [5.74, 6) is 1.89. The molecule has 0 fully saturated rings. The quantitative estimate of drug-likeness (QED) is 0.613. The van der Waals surface area contributed by atoms with Gasteiger partial charge in [0.05, 0.1) is 0 Å². The Balaban J connectivity index is 2.37. The highest BCUT2D eigenvalue weighted by atomic mass is 15.2. The first kappa shape index (κ1) is 9.00. The third kappa shape index (κ3) is 1.43. The Morgan fingerprint density at radius 3 is 2.93 bits per heavy atom. The predicted molar refractivity (Wildman–Crippen MR) is 59.8 cm³/mol. The Labute approximate surface area is 84.6 Å². The minimum atomic E-state index is 0.369. The van der Waals surface area contributed by atoms with Crippen LogP contribution in [0.5, 0.6) is 0 Å². The van der Waals surface area contributed by atoms with E-state index in [1.54, 1.807) is 6.20 Å². The van der Waals surface area contributed by atoms with Crippen LogP contribution in [0, 0.1) is 11.8 Å². The topological polar surface area (TPSA) is 15.6 Å². The zero-order valence-electron chi connectivity index (χ0n) is 8.30. The summed E-state index contributed by atoms with van der Waals surface area (Å²) in [4.78, 5) is 6.37. The van der Waals surface area contributed by atoms with Gasteiger partial charge in [-0.05, 0) is 0 Å². The van der Waals surface area contributed by atoms with Crippen molar-refractivity contribution < 1.29 is 0 Å². The van der Waals surface area contributed by atoms with Gasteiger partial charge in [-0.15, -0.1) is 0 Å². The zero-order chi connectivity index (χ0) is 9.97. The van der Waals surface area contributed by atoms with E-state index in [0.29, 0.717) is 11.8 Å². The summed E-state index contributed by atoms with van der Waals surface area (Å²) in [6, 6.07) is 0. The van der Waals surface area contributed by atoms with Gasteiger partial charge in [-0.25, -0.2) is 4.99 Å². The standard InChI is InChI=1S/C12H14N2/c1-3-13-12-11-7-5-4-6-10(11)8-9-14(12)2/h3-11H,1H2,2H3. The van der Waals surface area contributed by atoms with Crippen molar-refractivity contribution in [3.8, 4) is 0 Å². The molecule has 2 unspecified atom stereocenters. The highest BCUT2D eigenvalue weighted by Gasteiger charge is 2.26. The van der Waals surface area contributed by atoms with Gasteiger partial charge < -0.3 is 4.90 Å². The average molecular weight is 186 g/mol. The summed E-state index contributed by atoms with van der Waals surface area (Å²) in [7, 11) is 2.02. The smallest absolute Gasteiger partial charge is 0.116 e. The van der Waals surface area contributed by atoms with Crippen LogP contribution in [0.1, 0.15) is 0 Å². The van der Waals surface area contributed by atoms with Crippen molar-refractivity contribution in [3.05, 3.63) is 49.4 Å². The van der Waals surface area contributed by atoms with E-state index in [0.717, 1.165) is 5.84 Å². The normalized spacial score (nSPS) is 32.1. The molecule has 1 heterocycles. The van der Waals surface area contributed by atoms with Crippen LogP contribution >= 0.6 is 0 Å². The summed E-state index contributed by atoms with van der Waals surface area (Å²) in [5, 5.41) is 0. The Hall–Kier alpha value is -1.57. The minimum absolute atomic E-state index is 0.369. The van der Waals surface area contributed by atoms with Crippen LogP contribution in [0.2, 0.25) is 0 Å². The van der Waals surface area contributed by atoms with Gasteiger partial charge in [0, 0.05) is 31.3 Å². The molecule has 2 aliphatic rings. The Morgan fingerprint density at radius 2 is 2.14 bits per heavy atom. The van der Waals surface area contributed by atoms with E-state index >= 15 is 0 Å². The SMILES string of the molecule is C=CN=C1C2C=CC=CC2C=CN1C. The third-order valence-corrected chi connectivity index (χ3v) is 2.59. The number of allylic oxidation sites excluding steroid dienone is 4. The van der Waals surface area contributed by atoms with E-state index in [4.69, 9.17) is 0 Å². The van der Waals surface area contributed by atoms with Crippen LogP contribution in [0.3, 0.4) is 0 Å². The fraction of sp³-hybridized carbons (Fsp3) is 0.250. The number of fused-ring (bicyclic) bond motifs is 1. The van der Waals surface area contributed by atoms with Crippen LogP contribution < -0.4 is 0 Å².